The molecular formula is C14H20O9. The smallest absolute Gasteiger partial charge is 0.305 e. The van der Waals surface area contributed by atoms with Crippen LogP contribution in [0.25, 0.3) is 0 Å². The van der Waals surface area contributed by atoms with Crippen molar-refractivity contribution in [2.45, 2.75) is 65.3 Å². The van der Waals surface area contributed by atoms with Crippen molar-refractivity contribution in [3.05, 3.63) is 0 Å². The van der Waals surface area contributed by atoms with Gasteiger partial charge in [0.15, 0.2) is 12.2 Å². The molecule has 23 heavy (non-hydrogen) atoms. The number of carbonyl (C=O) groups is 4. The lowest BCUT2D eigenvalue weighted by atomic mass is 9.99. The van der Waals surface area contributed by atoms with Crippen molar-refractivity contribution in [2.75, 3.05) is 0 Å². The molecule has 0 aromatic rings. The van der Waals surface area contributed by atoms with Crippen LogP contribution in [0.2, 0.25) is 0 Å². The lowest BCUT2D eigenvalue weighted by Crippen LogP contribution is -2.61. The topological polar surface area (TPSA) is 114 Å². The minimum Gasteiger partial charge on any atom is -0.456 e. The summed E-state index contributed by atoms with van der Waals surface area (Å²) in [6.07, 6.45) is -5.51. The molecule has 0 radical (unpaired) electrons. The minimum absolute atomic E-state index is 0.630. The number of esters is 4. The van der Waals surface area contributed by atoms with Gasteiger partial charge in [-0.1, -0.05) is 0 Å². The van der Waals surface area contributed by atoms with Gasteiger partial charge in [0.25, 0.3) is 0 Å². The molecule has 1 aliphatic rings. The summed E-state index contributed by atoms with van der Waals surface area (Å²) in [7, 11) is 0. The Labute approximate surface area is 133 Å². The van der Waals surface area contributed by atoms with Crippen molar-refractivity contribution in [1.82, 2.24) is 0 Å². The number of ether oxygens (including phenoxy) is 5. The first-order valence-corrected chi connectivity index (χ1v) is 6.96. The van der Waals surface area contributed by atoms with Crippen molar-refractivity contribution in [1.29, 1.82) is 0 Å². The van der Waals surface area contributed by atoms with E-state index in [1.54, 1.807) is 6.92 Å². The predicted molar refractivity (Wildman–Crippen MR) is 72.8 cm³/mol. The largest absolute Gasteiger partial charge is 0.456 e. The van der Waals surface area contributed by atoms with E-state index in [9.17, 15) is 19.2 Å². The monoisotopic (exact) mass is 332 g/mol. The quantitative estimate of drug-likeness (QED) is 0.521. The Hall–Kier alpha value is -2.16. The first-order chi connectivity index (χ1) is 10.6. The van der Waals surface area contributed by atoms with Crippen LogP contribution in [0.5, 0.6) is 0 Å². The van der Waals surface area contributed by atoms with Crippen LogP contribution >= 0.6 is 0 Å². The third-order valence-electron chi connectivity index (χ3n) is 2.92. The zero-order chi connectivity index (χ0) is 17.7. The standard InChI is InChI=1S/C14H20O9/c1-6-11(20-7(2)15)12(21-8(3)16)13(22-9(4)17)14(19-6)23-10(5)18/h6,11-14H,1-5H3. The molecule has 5 atom stereocenters. The highest BCUT2D eigenvalue weighted by Gasteiger charge is 2.51. The zero-order valence-electron chi connectivity index (χ0n) is 13.6. The van der Waals surface area contributed by atoms with Gasteiger partial charge in [0.05, 0.1) is 6.10 Å². The van der Waals surface area contributed by atoms with E-state index in [0.717, 1.165) is 20.8 Å². The lowest BCUT2D eigenvalue weighted by molar-refractivity contribution is -0.292. The molecule has 0 spiro atoms. The van der Waals surface area contributed by atoms with Crippen LogP contribution in [0.4, 0.5) is 0 Å². The second-order valence-electron chi connectivity index (χ2n) is 5.04. The molecule has 0 amide bonds. The van der Waals surface area contributed by atoms with Crippen LogP contribution in [-0.4, -0.2) is 54.6 Å². The van der Waals surface area contributed by atoms with Crippen LogP contribution in [0.3, 0.4) is 0 Å². The molecule has 0 aromatic carbocycles. The van der Waals surface area contributed by atoms with Gasteiger partial charge in [-0.15, -0.1) is 0 Å². The molecule has 1 heterocycles. The average Bonchev–Trinajstić information content (AvgIpc) is 2.36. The van der Waals surface area contributed by atoms with E-state index in [4.69, 9.17) is 23.7 Å². The van der Waals surface area contributed by atoms with Gasteiger partial charge in [-0.2, -0.15) is 0 Å². The summed E-state index contributed by atoms with van der Waals surface area (Å²) >= 11 is 0. The lowest BCUT2D eigenvalue weighted by Gasteiger charge is -2.42. The molecule has 1 rings (SSSR count). The first-order valence-electron chi connectivity index (χ1n) is 6.96. The van der Waals surface area contributed by atoms with Crippen molar-refractivity contribution >= 4 is 23.9 Å². The highest BCUT2D eigenvalue weighted by molar-refractivity contribution is 5.69. The summed E-state index contributed by atoms with van der Waals surface area (Å²) in [5, 5.41) is 0. The SMILES string of the molecule is CC(=O)OC1OC(C)C(OC(C)=O)C(OC(C)=O)C1OC(C)=O. The molecule has 5 unspecified atom stereocenters. The Balaban J connectivity index is 3.15. The number of rotatable bonds is 4. The maximum Gasteiger partial charge on any atom is 0.305 e. The normalized spacial score (nSPS) is 30.0. The fourth-order valence-electron chi connectivity index (χ4n) is 2.23. The van der Waals surface area contributed by atoms with Crippen LogP contribution in [0.15, 0.2) is 0 Å². The predicted octanol–water partition coefficient (Wildman–Crippen LogP) is 0.0894. The van der Waals surface area contributed by atoms with E-state index >= 15 is 0 Å². The maximum absolute atomic E-state index is 11.4. The number of hydrogen-bond acceptors (Lipinski definition) is 9. The average molecular weight is 332 g/mol. The first kappa shape index (κ1) is 18.9. The summed E-state index contributed by atoms with van der Waals surface area (Å²) < 4.78 is 25.7. The van der Waals surface area contributed by atoms with E-state index in [1.165, 1.54) is 6.92 Å². The summed E-state index contributed by atoms with van der Waals surface area (Å²) in [5.74, 6) is -2.69. The highest BCUT2D eigenvalue weighted by atomic mass is 16.7. The van der Waals surface area contributed by atoms with Crippen LogP contribution in [0.1, 0.15) is 34.6 Å². The molecule has 0 aliphatic carbocycles. The van der Waals surface area contributed by atoms with E-state index < -0.39 is 54.6 Å². The molecule has 0 N–H and O–H groups in total. The van der Waals surface area contributed by atoms with Gasteiger partial charge < -0.3 is 23.7 Å². The molecule has 9 nitrogen and oxygen atoms in total. The van der Waals surface area contributed by atoms with Gasteiger partial charge in [-0.25, -0.2) is 0 Å². The van der Waals surface area contributed by atoms with Gasteiger partial charge in [0, 0.05) is 27.7 Å². The second kappa shape index (κ2) is 7.91. The molecular weight excluding hydrogens is 312 g/mol. The van der Waals surface area contributed by atoms with Crippen molar-refractivity contribution in [3.8, 4) is 0 Å². The van der Waals surface area contributed by atoms with Crippen LogP contribution < -0.4 is 0 Å². The number of hydrogen-bond donors (Lipinski definition) is 0. The van der Waals surface area contributed by atoms with Crippen LogP contribution in [0, 0.1) is 0 Å². The van der Waals surface area contributed by atoms with E-state index in [0.29, 0.717) is 0 Å². The molecule has 1 saturated heterocycles. The minimum atomic E-state index is -1.29. The Bertz CT molecular complexity index is 487. The third-order valence-corrected chi connectivity index (χ3v) is 2.92. The Morgan fingerprint density at radius 1 is 0.652 bits per heavy atom. The molecule has 0 aromatic heterocycles. The fraction of sp³-hybridized carbons (Fsp3) is 0.714. The van der Waals surface area contributed by atoms with Gasteiger partial charge in [-0.05, 0) is 6.92 Å². The van der Waals surface area contributed by atoms with E-state index in [-0.39, 0.29) is 0 Å². The highest BCUT2D eigenvalue weighted by Crippen LogP contribution is 2.29. The van der Waals surface area contributed by atoms with Crippen molar-refractivity contribution < 1.29 is 42.9 Å². The van der Waals surface area contributed by atoms with Gasteiger partial charge in [0.2, 0.25) is 12.4 Å². The van der Waals surface area contributed by atoms with Gasteiger partial charge in [-0.3, -0.25) is 19.2 Å². The van der Waals surface area contributed by atoms with Gasteiger partial charge >= 0.3 is 23.9 Å². The molecule has 9 heteroatoms. The summed E-state index contributed by atoms with van der Waals surface area (Å²) in [6.45, 7) is 6.16. The zero-order valence-corrected chi connectivity index (χ0v) is 13.6. The number of carbonyl (C=O) groups excluding carboxylic acids is 4. The summed E-state index contributed by atoms with van der Waals surface area (Å²) in [4.78, 5) is 45.1. The maximum atomic E-state index is 11.4. The van der Waals surface area contributed by atoms with Crippen LogP contribution in [-0.2, 0) is 42.9 Å². The molecule has 0 saturated carbocycles. The summed E-state index contributed by atoms with van der Waals surface area (Å²) in [6, 6.07) is 0. The molecule has 130 valence electrons. The van der Waals surface area contributed by atoms with Crippen molar-refractivity contribution in [3.63, 3.8) is 0 Å². The second-order valence-corrected chi connectivity index (χ2v) is 5.04. The van der Waals surface area contributed by atoms with E-state index in [2.05, 4.69) is 0 Å². The summed E-state index contributed by atoms with van der Waals surface area (Å²) in [5.41, 5.74) is 0. The Kier molecular flexibility index (Phi) is 6.49. The van der Waals surface area contributed by atoms with E-state index in [1.807, 2.05) is 0 Å². The van der Waals surface area contributed by atoms with Crippen molar-refractivity contribution in [2.24, 2.45) is 0 Å². The molecule has 1 fully saturated rings. The third kappa shape index (κ3) is 5.51. The van der Waals surface area contributed by atoms with Gasteiger partial charge in [0.1, 0.15) is 0 Å². The molecule has 0 bridgehead atoms. The Morgan fingerprint density at radius 2 is 1.04 bits per heavy atom. The fourth-order valence-corrected chi connectivity index (χ4v) is 2.23. The Morgan fingerprint density at radius 3 is 1.48 bits per heavy atom. The molecule has 1 aliphatic heterocycles.